The van der Waals surface area contributed by atoms with Crippen molar-refractivity contribution < 1.29 is 4.74 Å². The predicted molar refractivity (Wildman–Crippen MR) is 59.1 cm³/mol. The predicted octanol–water partition coefficient (Wildman–Crippen LogP) is 2.35. The molecule has 1 atom stereocenters. The van der Waals surface area contributed by atoms with Crippen molar-refractivity contribution >= 4 is 16.5 Å². The molecule has 2 heterocycles. The van der Waals surface area contributed by atoms with E-state index >= 15 is 0 Å². The second kappa shape index (κ2) is 4.28. The van der Waals surface area contributed by atoms with Crippen LogP contribution in [0.25, 0.3) is 0 Å². The summed E-state index contributed by atoms with van der Waals surface area (Å²) in [4.78, 5) is 5.75. The van der Waals surface area contributed by atoms with Gasteiger partial charge in [-0.3, -0.25) is 0 Å². The lowest BCUT2D eigenvalue weighted by molar-refractivity contribution is 0.0876. The van der Waals surface area contributed by atoms with E-state index in [0.717, 1.165) is 30.5 Å². The number of hydrogen-bond acceptors (Lipinski definition) is 4. The number of ether oxygens (including phenoxy) is 1. The minimum Gasteiger partial charge on any atom is -0.379 e. The van der Waals surface area contributed by atoms with Crippen LogP contribution in [0.15, 0.2) is 0 Å². The van der Waals surface area contributed by atoms with E-state index in [1.54, 1.807) is 11.3 Å². The van der Waals surface area contributed by atoms with Gasteiger partial charge in [-0.1, -0.05) is 0 Å². The van der Waals surface area contributed by atoms with Crippen molar-refractivity contribution in [2.45, 2.75) is 32.7 Å². The molecule has 1 saturated heterocycles. The summed E-state index contributed by atoms with van der Waals surface area (Å²) in [5, 5.41) is 4.46. The molecule has 0 radical (unpaired) electrons. The molecule has 0 saturated carbocycles. The topological polar surface area (TPSA) is 34.2 Å². The number of nitrogens with zero attached hydrogens (tertiary/aromatic N) is 1. The quantitative estimate of drug-likeness (QED) is 0.817. The number of nitrogens with one attached hydrogen (secondary N) is 1. The molecule has 1 unspecified atom stereocenters. The Hall–Kier alpha value is -0.610. The number of rotatable bonds is 2. The standard InChI is InChI=1S/C10H16N2OS/c1-7-8(2)14-10(11-7)12-9-4-3-5-13-6-9/h9H,3-6H2,1-2H3,(H,11,12). The average Bonchev–Trinajstić information content (AvgIpc) is 2.47. The third kappa shape index (κ3) is 2.25. The fraction of sp³-hybridized carbons (Fsp3) is 0.700. The van der Waals surface area contributed by atoms with Gasteiger partial charge >= 0.3 is 0 Å². The highest BCUT2D eigenvalue weighted by Crippen LogP contribution is 2.23. The summed E-state index contributed by atoms with van der Waals surface area (Å²) in [6.07, 6.45) is 2.35. The van der Waals surface area contributed by atoms with Crippen LogP contribution in [0.2, 0.25) is 0 Å². The van der Waals surface area contributed by atoms with Crippen LogP contribution in [0.5, 0.6) is 0 Å². The van der Waals surface area contributed by atoms with E-state index in [1.807, 2.05) is 6.92 Å². The highest BCUT2D eigenvalue weighted by Gasteiger charge is 2.15. The van der Waals surface area contributed by atoms with Crippen molar-refractivity contribution in [1.29, 1.82) is 0 Å². The van der Waals surface area contributed by atoms with E-state index < -0.39 is 0 Å². The lowest BCUT2D eigenvalue weighted by Gasteiger charge is -2.22. The third-order valence-corrected chi connectivity index (χ3v) is 3.52. The second-order valence-electron chi connectivity index (χ2n) is 3.72. The van der Waals surface area contributed by atoms with Crippen LogP contribution in [0.3, 0.4) is 0 Å². The molecule has 0 amide bonds. The Morgan fingerprint density at radius 3 is 2.93 bits per heavy atom. The maximum absolute atomic E-state index is 5.41. The first-order valence-electron chi connectivity index (χ1n) is 5.04. The molecule has 1 aliphatic heterocycles. The second-order valence-corrected chi connectivity index (χ2v) is 4.92. The molecular weight excluding hydrogens is 196 g/mol. The lowest BCUT2D eigenvalue weighted by atomic mass is 10.1. The average molecular weight is 212 g/mol. The first kappa shape index (κ1) is 9.93. The molecule has 0 aliphatic carbocycles. The zero-order valence-electron chi connectivity index (χ0n) is 8.67. The zero-order chi connectivity index (χ0) is 9.97. The van der Waals surface area contributed by atoms with Crippen molar-refractivity contribution in [3.05, 3.63) is 10.6 Å². The third-order valence-electron chi connectivity index (χ3n) is 2.52. The lowest BCUT2D eigenvalue weighted by Crippen LogP contribution is -2.29. The van der Waals surface area contributed by atoms with Crippen LogP contribution in [0.1, 0.15) is 23.4 Å². The normalized spacial score (nSPS) is 22.3. The summed E-state index contributed by atoms with van der Waals surface area (Å²) in [7, 11) is 0. The number of aryl methyl sites for hydroxylation is 2. The summed E-state index contributed by atoms with van der Waals surface area (Å²) in [6.45, 7) is 5.88. The monoisotopic (exact) mass is 212 g/mol. The first-order chi connectivity index (χ1) is 6.75. The van der Waals surface area contributed by atoms with E-state index in [-0.39, 0.29) is 0 Å². The smallest absolute Gasteiger partial charge is 0.183 e. The summed E-state index contributed by atoms with van der Waals surface area (Å²) in [5.41, 5.74) is 1.13. The molecule has 1 fully saturated rings. The van der Waals surface area contributed by atoms with Crippen LogP contribution >= 0.6 is 11.3 Å². The van der Waals surface area contributed by atoms with E-state index in [4.69, 9.17) is 4.74 Å². The molecule has 4 heteroatoms. The van der Waals surface area contributed by atoms with Gasteiger partial charge in [0.2, 0.25) is 0 Å². The van der Waals surface area contributed by atoms with E-state index in [2.05, 4.69) is 17.2 Å². The van der Waals surface area contributed by atoms with Gasteiger partial charge in [-0.2, -0.15) is 0 Å². The minimum atomic E-state index is 0.452. The number of thiazole rings is 1. The van der Waals surface area contributed by atoms with E-state index in [9.17, 15) is 0 Å². The molecule has 2 rings (SSSR count). The highest BCUT2D eigenvalue weighted by atomic mass is 32.1. The van der Waals surface area contributed by atoms with Crippen LogP contribution in [-0.2, 0) is 4.74 Å². The molecule has 0 bridgehead atoms. The first-order valence-corrected chi connectivity index (χ1v) is 5.85. The van der Waals surface area contributed by atoms with Crippen molar-refractivity contribution in [2.75, 3.05) is 18.5 Å². The van der Waals surface area contributed by atoms with E-state index in [0.29, 0.717) is 6.04 Å². The zero-order valence-corrected chi connectivity index (χ0v) is 9.49. The number of hydrogen-bond donors (Lipinski definition) is 1. The van der Waals surface area contributed by atoms with Crippen molar-refractivity contribution in [1.82, 2.24) is 4.98 Å². The van der Waals surface area contributed by atoms with Crippen LogP contribution in [-0.4, -0.2) is 24.2 Å². The molecule has 0 aromatic carbocycles. The molecule has 1 N–H and O–H groups in total. The highest BCUT2D eigenvalue weighted by molar-refractivity contribution is 7.15. The fourth-order valence-electron chi connectivity index (χ4n) is 1.56. The summed E-state index contributed by atoms with van der Waals surface area (Å²) in [6, 6.07) is 0.452. The van der Waals surface area contributed by atoms with Gasteiger partial charge in [0, 0.05) is 11.5 Å². The maximum atomic E-state index is 5.41. The summed E-state index contributed by atoms with van der Waals surface area (Å²) in [5.74, 6) is 0. The largest absolute Gasteiger partial charge is 0.379 e. The Morgan fingerprint density at radius 2 is 2.36 bits per heavy atom. The SMILES string of the molecule is Cc1nc(NC2CCCOC2)sc1C. The summed E-state index contributed by atoms with van der Waals surface area (Å²) >= 11 is 1.73. The Kier molecular flexibility index (Phi) is 3.03. The van der Waals surface area contributed by atoms with Gasteiger partial charge < -0.3 is 10.1 Å². The molecule has 1 aliphatic rings. The van der Waals surface area contributed by atoms with Crippen LogP contribution in [0.4, 0.5) is 5.13 Å². The van der Waals surface area contributed by atoms with Gasteiger partial charge in [-0.15, -0.1) is 11.3 Å². The Labute approximate surface area is 88.5 Å². The molecule has 3 nitrogen and oxygen atoms in total. The summed E-state index contributed by atoms with van der Waals surface area (Å²) < 4.78 is 5.41. The molecule has 1 aromatic heterocycles. The van der Waals surface area contributed by atoms with Gasteiger partial charge in [0.1, 0.15) is 0 Å². The minimum absolute atomic E-state index is 0.452. The van der Waals surface area contributed by atoms with Crippen molar-refractivity contribution in [3.8, 4) is 0 Å². The molecule has 14 heavy (non-hydrogen) atoms. The Morgan fingerprint density at radius 1 is 1.50 bits per heavy atom. The van der Waals surface area contributed by atoms with Gasteiger partial charge in [-0.25, -0.2) is 4.98 Å². The number of aromatic nitrogens is 1. The van der Waals surface area contributed by atoms with Crippen LogP contribution in [0, 0.1) is 13.8 Å². The van der Waals surface area contributed by atoms with Crippen LogP contribution < -0.4 is 5.32 Å². The van der Waals surface area contributed by atoms with E-state index in [1.165, 1.54) is 11.3 Å². The molecule has 1 aromatic rings. The maximum Gasteiger partial charge on any atom is 0.183 e. The van der Waals surface area contributed by atoms with Crippen molar-refractivity contribution in [2.24, 2.45) is 0 Å². The van der Waals surface area contributed by atoms with Gasteiger partial charge in [-0.05, 0) is 26.7 Å². The van der Waals surface area contributed by atoms with Crippen molar-refractivity contribution in [3.63, 3.8) is 0 Å². The Bertz CT molecular complexity index is 286. The van der Waals surface area contributed by atoms with Gasteiger partial charge in [0.05, 0.1) is 18.3 Å². The van der Waals surface area contributed by atoms with Gasteiger partial charge in [0.25, 0.3) is 0 Å². The molecular formula is C10H16N2OS. The Balaban J connectivity index is 1.95. The van der Waals surface area contributed by atoms with Gasteiger partial charge in [0.15, 0.2) is 5.13 Å². The molecule has 78 valence electrons. The number of anilines is 1. The molecule has 0 spiro atoms. The fourth-order valence-corrected chi connectivity index (χ4v) is 2.46.